The average molecular weight is 280 g/mol. The van der Waals surface area contributed by atoms with Crippen LogP contribution in [0.4, 0.5) is 17.6 Å². The van der Waals surface area contributed by atoms with Crippen molar-refractivity contribution in [2.24, 2.45) is 5.92 Å². The van der Waals surface area contributed by atoms with E-state index in [2.05, 4.69) is 4.18 Å². The maximum Gasteiger partial charge on any atom is 0.523 e. The Morgan fingerprint density at radius 3 is 2.18 bits per heavy atom. The van der Waals surface area contributed by atoms with Crippen molar-refractivity contribution in [3.05, 3.63) is 0 Å². The van der Waals surface area contributed by atoms with E-state index in [0.717, 1.165) is 0 Å². The van der Waals surface area contributed by atoms with Crippen LogP contribution in [0.5, 0.6) is 0 Å². The van der Waals surface area contributed by atoms with Crippen LogP contribution in [0, 0.1) is 5.92 Å². The summed E-state index contributed by atoms with van der Waals surface area (Å²) in [5.41, 5.74) is -5.64. The van der Waals surface area contributed by atoms with E-state index in [1.54, 1.807) is 0 Å². The minimum absolute atomic E-state index is 0.562. The molecule has 0 aromatic carbocycles. The molecule has 0 aliphatic heterocycles. The van der Waals surface area contributed by atoms with Gasteiger partial charge in [-0.3, -0.25) is 8.98 Å². The Bertz CT molecular complexity index is 403. The fourth-order valence-corrected chi connectivity index (χ4v) is 2.10. The molecule has 1 rings (SSSR count). The summed E-state index contributed by atoms with van der Waals surface area (Å²) in [4.78, 5) is 10.5. The van der Waals surface area contributed by atoms with Gasteiger partial charge in [0.05, 0.1) is 5.92 Å². The van der Waals surface area contributed by atoms with Crippen molar-refractivity contribution in [3.63, 3.8) is 0 Å². The number of carbonyl (C=O) groups is 1. The van der Waals surface area contributed by atoms with Crippen LogP contribution in [0.1, 0.15) is 12.8 Å². The second-order valence-electron chi connectivity index (χ2n) is 3.56. The van der Waals surface area contributed by atoms with Gasteiger partial charge >= 0.3 is 21.6 Å². The number of hydrogen-bond donors (Lipinski definition) is 1. The first-order valence-electron chi connectivity index (χ1n) is 4.41. The lowest BCUT2D eigenvalue weighted by molar-refractivity contribution is -0.141. The molecule has 0 spiro atoms. The molecule has 0 heterocycles. The van der Waals surface area contributed by atoms with Gasteiger partial charge < -0.3 is 5.11 Å². The van der Waals surface area contributed by atoms with Gasteiger partial charge in [0.25, 0.3) is 0 Å². The number of carboxylic acid groups (broad SMARTS) is 1. The summed E-state index contributed by atoms with van der Waals surface area (Å²) in [5, 5.41) is 8.51. The molecule has 0 bridgehead atoms. The molecule has 0 aromatic heterocycles. The fraction of sp³-hybridized carbons (Fsp3) is 0.857. The van der Waals surface area contributed by atoms with Crippen molar-refractivity contribution in [2.75, 3.05) is 0 Å². The van der Waals surface area contributed by atoms with Gasteiger partial charge in [-0.2, -0.15) is 21.6 Å². The third-order valence-electron chi connectivity index (χ3n) is 2.31. The fourth-order valence-electron chi connectivity index (χ4n) is 1.47. The number of alkyl halides is 4. The molecule has 10 heteroatoms. The number of hydrogen-bond acceptors (Lipinski definition) is 4. The predicted octanol–water partition coefficient (Wildman–Crippen LogP) is 1.05. The number of carboxylic acids is 1. The lowest BCUT2D eigenvalue weighted by Crippen LogP contribution is -2.32. The van der Waals surface area contributed by atoms with Gasteiger partial charge in [0.1, 0.15) is 12.3 Å². The standard InChI is InChI=1S/C7H8F4O5S/c8-4-1-3(6(12)13)2-5(4)16-17(14,15)7(9,10)11/h3-5H,1-2H2,(H,12,13)/t3-,4-,5+/m1/s1. The summed E-state index contributed by atoms with van der Waals surface area (Å²) in [5.74, 6) is -2.64. The van der Waals surface area contributed by atoms with E-state index in [1.165, 1.54) is 0 Å². The molecule has 1 aliphatic rings. The first-order valence-corrected chi connectivity index (χ1v) is 5.82. The van der Waals surface area contributed by atoms with E-state index in [0.29, 0.717) is 0 Å². The first-order chi connectivity index (χ1) is 7.54. The number of aliphatic carboxylic acids is 1. The maximum atomic E-state index is 13.1. The largest absolute Gasteiger partial charge is 0.523 e. The second-order valence-corrected chi connectivity index (χ2v) is 5.12. The monoisotopic (exact) mass is 280 g/mol. The molecular weight excluding hydrogens is 272 g/mol. The molecule has 1 aliphatic carbocycles. The Hall–Kier alpha value is -0.900. The Kier molecular flexibility index (Phi) is 3.67. The zero-order valence-electron chi connectivity index (χ0n) is 8.15. The SMILES string of the molecule is O=C(O)[C@@H]1C[C@@H](F)[C@@H](OS(=O)(=O)C(F)(F)F)C1. The van der Waals surface area contributed by atoms with Crippen molar-refractivity contribution < 1.29 is 40.1 Å². The molecule has 0 amide bonds. The molecule has 0 saturated heterocycles. The molecular formula is C7H8F4O5S. The molecule has 1 saturated carbocycles. The van der Waals surface area contributed by atoms with E-state index < -0.39 is 52.6 Å². The van der Waals surface area contributed by atoms with Crippen LogP contribution >= 0.6 is 0 Å². The van der Waals surface area contributed by atoms with Crippen molar-refractivity contribution in [2.45, 2.75) is 30.6 Å². The maximum absolute atomic E-state index is 13.1. The van der Waals surface area contributed by atoms with Crippen LogP contribution in [0.15, 0.2) is 0 Å². The van der Waals surface area contributed by atoms with Crippen LogP contribution in [-0.4, -0.2) is 37.3 Å². The minimum Gasteiger partial charge on any atom is -0.481 e. The minimum atomic E-state index is -5.90. The molecule has 5 nitrogen and oxygen atoms in total. The van der Waals surface area contributed by atoms with Crippen LogP contribution in [-0.2, 0) is 19.1 Å². The van der Waals surface area contributed by atoms with E-state index in [-0.39, 0.29) is 0 Å². The number of halogens is 4. The Morgan fingerprint density at radius 1 is 1.29 bits per heavy atom. The normalized spacial score (nSPS) is 30.5. The van der Waals surface area contributed by atoms with Gasteiger partial charge in [0.15, 0.2) is 0 Å². The smallest absolute Gasteiger partial charge is 0.481 e. The average Bonchev–Trinajstić information content (AvgIpc) is 2.45. The molecule has 100 valence electrons. The lowest BCUT2D eigenvalue weighted by atomic mass is 10.1. The summed E-state index contributed by atoms with van der Waals surface area (Å²) >= 11 is 0. The molecule has 1 N–H and O–H groups in total. The van der Waals surface area contributed by atoms with E-state index in [9.17, 15) is 30.8 Å². The summed E-state index contributed by atoms with van der Waals surface area (Å²) in [6.45, 7) is 0. The van der Waals surface area contributed by atoms with Crippen LogP contribution < -0.4 is 0 Å². The highest BCUT2D eigenvalue weighted by Gasteiger charge is 2.51. The van der Waals surface area contributed by atoms with Crippen molar-refractivity contribution in [1.29, 1.82) is 0 Å². The summed E-state index contributed by atoms with van der Waals surface area (Å²) in [7, 11) is -5.90. The van der Waals surface area contributed by atoms with Gasteiger partial charge in [-0.05, 0) is 12.8 Å². The third kappa shape index (κ3) is 3.06. The Labute approximate surface area is 93.5 Å². The van der Waals surface area contributed by atoms with Gasteiger partial charge in [0.2, 0.25) is 0 Å². The second kappa shape index (κ2) is 4.41. The molecule has 17 heavy (non-hydrogen) atoms. The zero-order valence-corrected chi connectivity index (χ0v) is 8.96. The molecule has 3 atom stereocenters. The first kappa shape index (κ1) is 14.2. The van der Waals surface area contributed by atoms with Gasteiger partial charge in [-0.15, -0.1) is 0 Å². The zero-order chi connectivity index (χ0) is 13.4. The summed E-state index contributed by atoms with van der Waals surface area (Å²) < 4.78 is 73.7. The van der Waals surface area contributed by atoms with Gasteiger partial charge in [-0.1, -0.05) is 0 Å². The van der Waals surface area contributed by atoms with Crippen LogP contribution in [0.2, 0.25) is 0 Å². The Morgan fingerprint density at radius 2 is 1.82 bits per heavy atom. The molecule has 0 radical (unpaired) electrons. The molecule has 0 aromatic rings. The predicted molar refractivity (Wildman–Crippen MR) is 45.1 cm³/mol. The van der Waals surface area contributed by atoms with E-state index in [1.807, 2.05) is 0 Å². The van der Waals surface area contributed by atoms with Crippen LogP contribution in [0.3, 0.4) is 0 Å². The summed E-state index contributed by atoms with van der Waals surface area (Å²) in [6.07, 6.45) is -5.12. The summed E-state index contributed by atoms with van der Waals surface area (Å²) in [6, 6.07) is 0. The van der Waals surface area contributed by atoms with Crippen molar-refractivity contribution in [1.82, 2.24) is 0 Å². The number of rotatable bonds is 3. The third-order valence-corrected chi connectivity index (χ3v) is 3.38. The lowest BCUT2D eigenvalue weighted by Gasteiger charge is -2.15. The topological polar surface area (TPSA) is 80.7 Å². The van der Waals surface area contributed by atoms with Gasteiger partial charge in [0, 0.05) is 0 Å². The molecule has 1 fully saturated rings. The molecule has 0 unspecified atom stereocenters. The van der Waals surface area contributed by atoms with Gasteiger partial charge in [-0.25, -0.2) is 4.39 Å². The van der Waals surface area contributed by atoms with Crippen molar-refractivity contribution in [3.8, 4) is 0 Å². The van der Waals surface area contributed by atoms with Crippen molar-refractivity contribution >= 4 is 16.1 Å². The van der Waals surface area contributed by atoms with E-state index in [4.69, 9.17) is 5.11 Å². The quantitative estimate of drug-likeness (QED) is 0.475. The highest BCUT2D eigenvalue weighted by molar-refractivity contribution is 7.87. The van der Waals surface area contributed by atoms with Crippen LogP contribution in [0.25, 0.3) is 0 Å². The van der Waals surface area contributed by atoms with E-state index >= 15 is 0 Å². The highest BCUT2D eigenvalue weighted by atomic mass is 32.2. The highest BCUT2D eigenvalue weighted by Crippen LogP contribution is 2.35. The Balaban J connectivity index is 2.75.